The molecule has 0 saturated carbocycles. The van der Waals surface area contributed by atoms with Gasteiger partial charge in [-0.25, -0.2) is 4.98 Å². The summed E-state index contributed by atoms with van der Waals surface area (Å²) in [6.07, 6.45) is 6.92. The van der Waals surface area contributed by atoms with Crippen molar-refractivity contribution in [2.75, 3.05) is 23.3 Å². The predicted octanol–water partition coefficient (Wildman–Crippen LogP) is 2.85. The van der Waals surface area contributed by atoms with Crippen molar-refractivity contribution in [1.82, 2.24) is 4.98 Å². The largest absolute Gasteiger partial charge is 0.469 e. The first-order chi connectivity index (χ1) is 10.3. The Morgan fingerprint density at radius 3 is 2.81 bits per heavy atom. The van der Waals surface area contributed by atoms with Crippen molar-refractivity contribution >= 4 is 17.4 Å². The first-order valence-corrected chi connectivity index (χ1v) is 7.34. The van der Waals surface area contributed by atoms with Gasteiger partial charge in [-0.15, -0.1) is 0 Å². The van der Waals surface area contributed by atoms with Gasteiger partial charge in [0.25, 0.3) is 0 Å². The molecule has 1 aliphatic rings. The lowest BCUT2D eigenvalue weighted by atomic mass is 10.2. The Hall–Kier alpha value is -2.30. The minimum absolute atomic E-state index is 0.0483. The summed E-state index contributed by atoms with van der Waals surface area (Å²) in [5, 5.41) is 2.81. The molecule has 0 bridgehead atoms. The van der Waals surface area contributed by atoms with Gasteiger partial charge in [-0.05, 0) is 37.1 Å². The van der Waals surface area contributed by atoms with Gasteiger partial charge in [0, 0.05) is 25.9 Å². The van der Waals surface area contributed by atoms with Gasteiger partial charge in [0.1, 0.15) is 11.6 Å². The lowest BCUT2D eigenvalue weighted by Crippen LogP contribution is -2.18. The van der Waals surface area contributed by atoms with Crippen LogP contribution < -0.4 is 10.2 Å². The molecule has 2 aromatic rings. The zero-order valence-corrected chi connectivity index (χ0v) is 11.9. The quantitative estimate of drug-likeness (QED) is 0.917. The molecule has 1 amide bonds. The summed E-state index contributed by atoms with van der Waals surface area (Å²) in [4.78, 5) is 18.5. The molecule has 2 aromatic heterocycles. The van der Waals surface area contributed by atoms with Crippen LogP contribution in [0.15, 0.2) is 41.1 Å². The van der Waals surface area contributed by atoms with E-state index >= 15 is 0 Å². The molecular weight excluding hydrogens is 266 g/mol. The average Bonchev–Trinajstić information content (AvgIpc) is 3.19. The minimum atomic E-state index is -0.0483. The number of carbonyl (C=O) groups is 1. The average molecular weight is 285 g/mol. The van der Waals surface area contributed by atoms with Crippen LogP contribution in [0.2, 0.25) is 0 Å². The molecule has 21 heavy (non-hydrogen) atoms. The standard InChI is InChI=1S/C16H19N3O2/c20-16(8-6-14-4-3-11-21-14)18-15-7-5-13(12-17-15)19-9-1-2-10-19/h3-5,7,11-12H,1-2,6,8-10H2,(H,17,18,20). The molecule has 0 atom stereocenters. The number of pyridine rings is 1. The van der Waals surface area contributed by atoms with Crippen LogP contribution in [0.25, 0.3) is 0 Å². The third-order valence-corrected chi connectivity index (χ3v) is 3.67. The van der Waals surface area contributed by atoms with Crippen molar-refractivity contribution in [2.24, 2.45) is 0 Å². The van der Waals surface area contributed by atoms with Crippen LogP contribution in [0.1, 0.15) is 25.0 Å². The van der Waals surface area contributed by atoms with Gasteiger partial charge in [-0.3, -0.25) is 4.79 Å². The van der Waals surface area contributed by atoms with E-state index in [0.717, 1.165) is 24.5 Å². The third kappa shape index (κ3) is 3.62. The van der Waals surface area contributed by atoms with Crippen LogP contribution in [0.5, 0.6) is 0 Å². The van der Waals surface area contributed by atoms with E-state index in [9.17, 15) is 4.79 Å². The molecule has 1 aliphatic heterocycles. The fourth-order valence-electron chi connectivity index (χ4n) is 2.52. The van der Waals surface area contributed by atoms with Gasteiger partial charge in [0.15, 0.2) is 0 Å². The number of rotatable bonds is 5. The molecule has 1 N–H and O–H groups in total. The van der Waals surface area contributed by atoms with Crippen LogP contribution in [0.3, 0.4) is 0 Å². The highest BCUT2D eigenvalue weighted by Gasteiger charge is 2.12. The summed E-state index contributed by atoms with van der Waals surface area (Å²) in [5.74, 6) is 1.37. The van der Waals surface area contributed by atoms with Crippen molar-refractivity contribution in [3.8, 4) is 0 Å². The molecule has 5 nitrogen and oxygen atoms in total. The second kappa shape index (κ2) is 6.43. The number of nitrogens with zero attached hydrogens (tertiary/aromatic N) is 2. The zero-order valence-electron chi connectivity index (χ0n) is 11.9. The van der Waals surface area contributed by atoms with Gasteiger partial charge in [-0.2, -0.15) is 0 Å². The Kier molecular flexibility index (Phi) is 4.19. The monoisotopic (exact) mass is 285 g/mol. The number of hydrogen-bond donors (Lipinski definition) is 1. The van der Waals surface area contributed by atoms with Crippen LogP contribution in [0, 0.1) is 0 Å². The van der Waals surface area contributed by atoms with Gasteiger partial charge >= 0.3 is 0 Å². The topological polar surface area (TPSA) is 58.4 Å². The van der Waals surface area contributed by atoms with Crippen molar-refractivity contribution in [1.29, 1.82) is 0 Å². The van der Waals surface area contributed by atoms with Crippen molar-refractivity contribution in [3.05, 3.63) is 42.5 Å². The number of amides is 1. The zero-order chi connectivity index (χ0) is 14.5. The van der Waals surface area contributed by atoms with Gasteiger partial charge < -0.3 is 14.6 Å². The normalized spacial score (nSPS) is 14.4. The number of nitrogens with one attached hydrogen (secondary N) is 1. The molecule has 0 aliphatic carbocycles. The van der Waals surface area contributed by atoms with E-state index in [-0.39, 0.29) is 5.91 Å². The second-order valence-corrected chi connectivity index (χ2v) is 5.22. The number of aryl methyl sites for hydroxylation is 1. The Morgan fingerprint density at radius 1 is 1.29 bits per heavy atom. The van der Waals surface area contributed by atoms with E-state index in [2.05, 4.69) is 15.2 Å². The highest BCUT2D eigenvalue weighted by atomic mass is 16.3. The summed E-state index contributed by atoms with van der Waals surface area (Å²) >= 11 is 0. The summed E-state index contributed by atoms with van der Waals surface area (Å²) in [5.41, 5.74) is 1.13. The maximum atomic E-state index is 11.8. The second-order valence-electron chi connectivity index (χ2n) is 5.22. The minimum Gasteiger partial charge on any atom is -0.469 e. The molecule has 0 aromatic carbocycles. The van der Waals surface area contributed by atoms with E-state index in [1.54, 1.807) is 6.26 Å². The maximum Gasteiger partial charge on any atom is 0.225 e. The Balaban J connectivity index is 1.51. The van der Waals surface area contributed by atoms with Gasteiger partial charge in [0.05, 0.1) is 18.1 Å². The molecular formula is C16H19N3O2. The highest BCUT2D eigenvalue weighted by molar-refractivity contribution is 5.89. The van der Waals surface area contributed by atoms with Crippen molar-refractivity contribution < 1.29 is 9.21 Å². The molecule has 3 heterocycles. The number of carbonyl (C=O) groups excluding carboxylic acids is 1. The molecule has 0 spiro atoms. The molecule has 5 heteroatoms. The lowest BCUT2D eigenvalue weighted by Gasteiger charge is -2.17. The van der Waals surface area contributed by atoms with E-state index < -0.39 is 0 Å². The molecule has 110 valence electrons. The molecule has 1 fully saturated rings. The summed E-state index contributed by atoms with van der Waals surface area (Å²) in [6.45, 7) is 2.19. The number of anilines is 2. The fourth-order valence-corrected chi connectivity index (χ4v) is 2.52. The summed E-state index contributed by atoms with van der Waals surface area (Å²) < 4.78 is 5.21. The van der Waals surface area contributed by atoms with Crippen molar-refractivity contribution in [2.45, 2.75) is 25.7 Å². The molecule has 1 saturated heterocycles. The highest BCUT2D eigenvalue weighted by Crippen LogP contribution is 2.20. The summed E-state index contributed by atoms with van der Waals surface area (Å²) in [7, 11) is 0. The first kappa shape index (κ1) is 13.7. The van der Waals surface area contributed by atoms with E-state index in [1.165, 1.54) is 12.8 Å². The van der Waals surface area contributed by atoms with Gasteiger partial charge in [0.2, 0.25) is 5.91 Å². The fraction of sp³-hybridized carbons (Fsp3) is 0.375. The van der Waals surface area contributed by atoms with E-state index in [4.69, 9.17) is 4.42 Å². The van der Waals surface area contributed by atoms with Crippen LogP contribution in [-0.4, -0.2) is 24.0 Å². The number of furan rings is 1. The first-order valence-electron chi connectivity index (χ1n) is 7.34. The van der Waals surface area contributed by atoms with E-state index in [0.29, 0.717) is 18.7 Å². The van der Waals surface area contributed by atoms with Crippen LogP contribution >= 0.6 is 0 Å². The molecule has 0 unspecified atom stereocenters. The molecule has 0 radical (unpaired) electrons. The van der Waals surface area contributed by atoms with Crippen LogP contribution in [0.4, 0.5) is 11.5 Å². The van der Waals surface area contributed by atoms with Crippen LogP contribution in [-0.2, 0) is 11.2 Å². The number of hydrogen-bond acceptors (Lipinski definition) is 4. The Bertz CT molecular complexity index is 572. The maximum absolute atomic E-state index is 11.8. The smallest absolute Gasteiger partial charge is 0.225 e. The van der Waals surface area contributed by atoms with Gasteiger partial charge in [-0.1, -0.05) is 0 Å². The Morgan fingerprint density at radius 2 is 2.14 bits per heavy atom. The van der Waals surface area contributed by atoms with Crippen molar-refractivity contribution in [3.63, 3.8) is 0 Å². The third-order valence-electron chi connectivity index (χ3n) is 3.67. The summed E-state index contributed by atoms with van der Waals surface area (Å²) in [6, 6.07) is 7.57. The Labute approximate surface area is 124 Å². The van der Waals surface area contributed by atoms with E-state index in [1.807, 2.05) is 30.5 Å². The number of aromatic nitrogens is 1. The molecule has 3 rings (SSSR count). The lowest BCUT2D eigenvalue weighted by molar-refractivity contribution is -0.116. The SMILES string of the molecule is O=C(CCc1ccco1)Nc1ccc(N2CCCC2)cn1. The predicted molar refractivity (Wildman–Crippen MR) is 81.3 cm³/mol.